The summed E-state index contributed by atoms with van der Waals surface area (Å²) in [7, 11) is 0. The zero-order valence-electron chi connectivity index (χ0n) is 3.82. The molecule has 0 aromatic heterocycles. The first-order valence-corrected chi connectivity index (χ1v) is 3.06. The molecule has 2 heteroatoms. The summed E-state index contributed by atoms with van der Waals surface area (Å²) in [5.41, 5.74) is 0. The van der Waals surface area contributed by atoms with Gasteiger partial charge >= 0.3 is 0 Å². The molecule has 0 nitrogen and oxygen atoms in total. The minimum atomic E-state index is 0.461. The van der Waals surface area contributed by atoms with E-state index in [-0.39, 0.29) is 0 Å². The lowest BCUT2D eigenvalue weighted by Crippen LogP contribution is -1.89. The molecule has 38 valence electrons. The largest absolute Gasteiger partial charge is 0.176 e. The number of alkyl halides is 1. The maximum absolute atomic E-state index is 5.35. The second kappa shape index (κ2) is 3.82. The van der Waals surface area contributed by atoms with Gasteiger partial charge in [-0.15, -0.1) is 11.6 Å². The maximum Gasteiger partial charge on any atom is 0.0233 e. The summed E-state index contributed by atoms with van der Waals surface area (Å²) in [6.45, 7) is 2.03. The van der Waals surface area contributed by atoms with Crippen molar-refractivity contribution in [1.29, 1.82) is 0 Å². The average Bonchev–Trinajstić information content (AvgIpc) is 1.35. The molecule has 0 N–H and O–H groups in total. The highest BCUT2D eigenvalue weighted by Gasteiger charge is 1.87. The van der Waals surface area contributed by atoms with E-state index in [1.807, 2.05) is 6.92 Å². The Morgan fingerprint density at radius 3 is 2.33 bits per heavy atom. The van der Waals surface area contributed by atoms with Crippen LogP contribution in [0.3, 0.4) is 0 Å². The van der Waals surface area contributed by atoms with Crippen molar-refractivity contribution in [2.45, 2.75) is 18.6 Å². The van der Waals surface area contributed by atoms with Gasteiger partial charge in [-0.2, -0.15) is 12.6 Å². The summed E-state index contributed by atoms with van der Waals surface area (Å²) in [6.07, 6.45) is 1.00. The molecule has 0 aliphatic carbocycles. The fraction of sp³-hybridized carbons (Fsp3) is 1.00. The van der Waals surface area contributed by atoms with Gasteiger partial charge in [0.15, 0.2) is 0 Å². The molecule has 0 aromatic carbocycles. The van der Waals surface area contributed by atoms with Gasteiger partial charge in [-0.05, 0) is 11.7 Å². The fourth-order valence-electron chi connectivity index (χ4n) is 0.158. The van der Waals surface area contributed by atoms with Crippen LogP contribution in [0.1, 0.15) is 13.3 Å². The van der Waals surface area contributed by atoms with Gasteiger partial charge in [0.1, 0.15) is 0 Å². The molecule has 0 spiro atoms. The van der Waals surface area contributed by atoms with Gasteiger partial charge in [0.2, 0.25) is 0 Å². The molecular weight excluding hydrogens is 116 g/mol. The maximum atomic E-state index is 5.35. The number of hydrogen-bond acceptors (Lipinski definition) is 1. The number of hydrogen-bond donors (Lipinski definition) is 1. The van der Waals surface area contributed by atoms with Gasteiger partial charge in [0.05, 0.1) is 0 Å². The quantitative estimate of drug-likeness (QED) is 0.422. The summed E-state index contributed by atoms with van der Waals surface area (Å²) < 4.78 is 0. The zero-order chi connectivity index (χ0) is 4.99. The molecule has 0 saturated heterocycles. The standard InChI is InChI=1S/C4H9ClS/c1-4(6)2-3-5/h4,6H,2-3H2,1H3/t4-/m1/s1. The molecule has 0 amide bonds. The van der Waals surface area contributed by atoms with E-state index >= 15 is 0 Å². The predicted octanol–water partition coefficient (Wildman–Crippen LogP) is 1.93. The van der Waals surface area contributed by atoms with Gasteiger partial charge in [-0.1, -0.05) is 6.92 Å². The summed E-state index contributed by atoms with van der Waals surface area (Å²) in [6, 6.07) is 0. The van der Waals surface area contributed by atoms with Gasteiger partial charge in [-0.3, -0.25) is 0 Å². The monoisotopic (exact) mass is 124 g/mol. The van der Waals surface area contributed by atoms with Crippen molar-refractivity contribution in [2.24, 2.45) is 0 Å². The highest BCUT2D eigenvalue weighted by atomic mass is 35.5. The number of rotatable bonds is 2. The van der Waals surface area contributed by atoms with E-state index in [4.69, 9.17) is 11.6 Å². The number of halogens is 1. The van der Waals surface area contributed by atoms with E-state index in [0.717, 1.165) is 12.3 Å². The molecule has 0 rings (SSSR count). The number of thiol groups is 1. The molecule has 0 aliphatic heterocycles. The fourth-order valence-corrected chi connectivity index (χ4v) is 0.766. The third kappa shape index (κ3) is 4.64. The lowest BCUT2D eigenvalue weighted by molar-refractivity contribution is 0.920. The van der Waals surface area contributed by atoms with Crippen LogP contribution < -0.4 is 0 Å². The molecule has 0 radical (unpaired) electrons. The molecular formula is C4H9ClS. The third-order valence-electron chi connectivity index (χ3n) is 0.527. The van der Waals surface area contributed by atoms with Crippen molar-refractivity contribution >= 4 is 24.2 Å². The van der Waals surface area contributed by atoms with Crippen LogP contribution in [0.2, 0.25) is 0 Å². The van der Waals surface area contributed by atoms with Crippen LogP contribution >= 0.6 is 24.2 Å². The van der Waals surface area contributed by atoms with Crippen LogP contribution in [0.15, 0.2) is 0 Å². The van der Waals surface area contributed by atoms with Crippen molar-refractivity contribution in [2.75, 3.05) is 5.88 Å². The van der Waals surface area contributed by atoms with Gasteiger partial charge in [0.25, 0.3) is 0 Å². The molecule has 0 heterocycles. The van der Waals surface area contributed by atoms with Crippen molar-refractivity contribution in [1.82, 2.24) is 0 Å². The Hall–Kier alpha value is 0.640. The molecule has 0 aliphatic rings. The van der Waals surface area contributed by atoms with Crippen molar-refractivity contribution in [3.05, 3.63) is 0 Å². The molecule has 0 fully saturated rings. The predicted molar refractivity (Wildman–Crippen MR) is 33.8 cm³/mol. The van der Waals surface area contributed by atoms with Crippen LogP contribution in [0.5, 0.6) is 0 Å². The van der Waals surface area contributed by atoms with Crippen LogP contribution in [0.25, 0.3) is 0 Å². The van der Waals surface area contributed by atoms with E-state index in [2.05, 4.69) is 12.6 Å². The highest BCUT2D eigenvalue weighted by molar-refractivity contribution is 7.80. The normalized spacial score (nSPS) is 14.5. The summed E-state index contributed by atoms with van der Waals surface area (Å²) in [4.78, 5) is 0. The molecule has 0 saturated carbocycles. The van der Waals surface area contributed by atoms with Crippen LogP contribution in [-0.4, -0.2) is 11.1 Å². The second-order valence-electron chi connectivity index (χ2n) is 1.33. The van der Waals surface area contributed by atoms with E-state index in [0.29, 0.717) is 5.25 Å². The SMILES string of the molecule is C[C@@H](S)CCCl. The van der Waals surface area contributed by atoms with E-state index < -0.39 is 0 Å². The molecule has 0 unspecified atom stereocenters. The van der Waals surface area contributed by atoms with E-state index in [1.165, 1.54) is 0 Å². The Morgan fingerprint density at radius 1 is 1.83 bits per heavy atom. The van der Waals surface area contributed by atoms with E-state index in [9.17, 15) is 0 Å². The first-order chi connectivity index (χ1) is 2.77. The molecule has 0 bridgehead atoms. The Labute approximate surface area is 49.3 Å². The third-order valence-corrected chi connectivity index (χ3v) is 1.00. The Balaban J connectivity index is 2.63. The molecule has 0 aromatic rings. The van der Waals surface area contributed by atoms with Gasteiger partial charge in [0, 0.05) is 5.88 Å². The minimum absolute atomic E-state index is 0.461. The molecule has 6 heavy (non-hydrogen) atoms. The highest BCUT2D eigenvalue weighted by Crippen LogP contribution is 1.98. The van der Waals surface area contributed by atoms with Gasteiger partial charge in [-0.25, -0.2) is 0 Å². The lowest BCUT2D eigenvalue weighted by atomic mass is 10.4. The Kier molecular flexibility index (Phi) is 4.22. The van der Waals surface area contributed by atoms with Gasteiger partial charge < -0.3 is 0 Å². The van der Waals surface area contributed by atoms with E-state index in [1.54, 1.807) is 0 Å². The minimum Gasteiger partial charge on any atom is -0.176 e. The van der Waals surface area contributed by atoms with Crippen LogP contribution in [0.4, 0.5) is 0 Å². The summed E-state index contributed by atoms with van der Waals surface area (Å²) >= 11 is 9.44. The lowest BCUT2D eigenvalue weighted by Gasteiger charge is -1.93. The Bertz CT molecular complexity index is 28.7. The smallest absolute Gasteiger partial charge is 0.0233 e. The van der Waals surface area contributed by atoms with Crippen molar-refractivity contribution < 1.29 is 0 Å². The Morgan fingerprint density at radius 2 is 2.33 bits per heavy atom. The summed E-state index contributed by atoms with van der Waals surface area (Å²) in [5, 5.41) is 0.461. The van der Waals surface area contributed by atoms with Crippen molar-refractivity contribution in [3.63, 3.8) is 0 Å². The second-order valence-corrected chi connectivity index (χ2v) is 2.59. The van der Waals surface area contributed by atoms with Crippen LogP contribution in [0, 0.1) is 0 Å². The average molecular weight is 125 g/mol. The zero-order valence-corrected chi connectivity index (χ0v) is 5.47. The van der Waals surface area contributed by atoms with Crippen molar-refractivity contribution in [3.8, 4) is 0 Å². The topological polar surface area (TPSA) is 0 Å². The first-order valence-electron chi connectivity index (χ1n) is 2.01. The first kappa shape index (κ1) is 6.64. The summed E-state index contributed by atoms with van der Waals surface area (Å²) in [5.74, 6) is 0.727. The van der Waals surface area contributed by atoms with Crippen LogP contribution in [-0.2, 0) is 0 Å². The molecule has 1 atom stereocenters.